The van der Waals surface area contributed by atoms with Crippen LogP contribution in [-0.2, 0) is 20.2 Å². The third-order valence-corrected chi connectivity index (χ3v) is 5.63. The molecule has 5 nitrogen and oxygen atoms in total. The zero-order valence-corrected chi connectivity index (χ0v) is 14.3. The molecule has 0 atom stereocenters. The predicted molar refractivity (Wildman–Crippen MR) is 90.1 cm³/mol. The van der Waals surface area contributed by atoms with Gasteiger partial charge in [-0.15, -0.1) is 0 Å². The lowest BCUT2D eigenvalue weighted by Crippen LogP contribution is -2.33. The van der Waals surface area contributed by atoms with E-state index >= 15 is 0 Å². The molecule has 0 radical (unpaired) electrons. The van der Waals surface area contributed by atoms with Gasteiger partial charge in [-0.05, 0) is 49.7 Å². The van der Waals surface area contributed by atoms with E-state index in [1.54, 1.807) is 33.0 Å². The van der Waals surface area contributed by atoms with Crippen LogP contribution in [0.15, 0.2) is 47.4 Å². The number of rotatable bonds is 3. The van der Waals surface area contributed by atoms with Crippen LogP contribution in [-0.4, -0.2) is 21.4 Å². The first kappa shape index (κ1) is 16.4. The van der Waals surface area contributed by atoms with E-state index in [1.807, 2.05) is 0 Å². The highest BCUT2D eigenvalue weighted by Gasteiger charge is 2.42. The van der Waals surface area contributed by atoms with Gasteiger partial charge < -0.3 is 4.90 Å². The van der Waals surface area contributed by atoms with Crippen LogP contribution in [0, 0.1) is 5.82 Å². The number of fused-ring (bicyclic) bond motifs is 1. The van der Waals surface area contributed by atoms with Crippen molar-refractivity contribution in [2.24, 2.45) is 0 Å². The Bertz CT molecular complexity index is 939. The largest absolute Gasteiger partial charge is 0.314 e. The molecule has 1 aliphatic heterocycles. The van der Waals surface area contributed by atoms with Crippen LogP contribution in [0.3, 0.4) is 0 Å². The topological polar surface area (TPSA) is 66.5 Å². The van der Waals surface area contributed by atoms with Crippen molar-refractivity contribution in [2.45, 2.75) is 24.2 Å². The minimum atomic E-state index is -3.96. The van der Waals surface area contributed by atoms with Crippen LogP contribution in [0.2, 0.25) is 0 Å². The van der Waals surface area contributed by atoms with Crippen LogP contribution < -0.4 is 9.62 Å². The molecule has 3 rings (SSSR count). The number of carbonyl (C=O) groups excluding carboxylic acids is 1. The normalized spacial score (nSPS) is 16.2. The summed E-state index contributed by atoms with van der Waals surface area (Å²) in [6, 6.07) is 10.0. The van der Waals surface area contributed by atoms with Crippen molar-refractivity contribution in [3.63, 3.8) is 0 Å². The van der Waals surface area contributed by atoms with Gasteiger partial charge in [-0.25, -0.2) is 12.8 Å². The minimum absolute atomic E-state index is 0.0133. The number of anilines is 2. The molecule has 0 spiro atoms. The summed E-state index contributed by atoms with van der Waals surface area (Å²) in [5.41, 5.74) is 0.375. The number of para-hydroxylation sites is 1. The molecule has 0 unspecified atom stereocenters. The second kappa shape index (κ2) is 5.31. The zero-order valence-electron chi connectivity index (χ0n) is 13.5. The molecule has 0 aromatic heterocycles. The van der Waals surface area contributed by atoms with Crippen LogP contribution in [0.1, 0.15) is 19.4 Å². The Morgan fingerprint density at radius 2 is 1.79 bits per heavy atom. The average Bonchev–Trinajstić information content (AvgIpc) is 2.70. The van der Waals surface area contributed by atoms with E-state index in [-0.39, 0.29) is 16.5 Å². The lowest BCUT2D eigenvalue weighted by Gasteiger charge is -2.17. The number of likely N-dealkylation sites (N-methyl/N-ethyl adjacent to an activating group) is 1. The molecule has 1 heterocycles. The zero-order chi connectivity index (χ0) is 17.7. The quantitative estimate of drug-likeness (QED) is 0.927. The third-order valence-electron chi connectivity index (χ3n) is 4.27. The summed E-state index contributed by atoms with van der Waals surface area (Å²) < 4.78 is 41.0. The summed E-state index contributed by atoms with van der Waals surface area (Å²) in [7, 11) is -2.31. The summed E-state index contributed by atoms with van der Waals surface area (Å²) in [6.07, 6.45) is 0. The maximum Gasteiger partial charge on any atom is 0.261 e. The second-order valence-corrected chi connectivity index (χ2v) is 7.94. The number of hydrogen-bond donors (Lipinski definition) is 1. The lowest BCUT2D eigenvalue weighted by atomic mass is 9.86. The predicted octanol–water partition coefficient (Wildman–Crippen LogP) is 2.88. The highest BCUT2D eigenvalue weighted by molar-refractivity contribution is 7.92. The van der Waals surface area contributed by atoms with Gasteiger partial charge in [-0.3, -0.25) is 9.52 Å². The minimum Gasteiger partial charge on any atom is -0.314 e. The molecule has 24 heavy (non-hydrogen) atoms. The number of nitrogens with zero attached hydrogens (tertiary/aromatic N) is 1. The molecule has 0 saturated carbocycles. The van der Waals surface area contributed by atoms with Gasteiger partial charge in [-0.1, -0.05) is 12.1 Å². The van der Waals surface area contributed by atoms with Gasteiger partial charge in [0.05, 0.1) is 16.0 Å². The Morgan fingerprint density at radius 3 is 2.46 bits per heavy atom. The number of carbonyl (C=O) groups is 1. The lowest BCUT2D eigenvalue weighted by molar-refractivity contribution is -0.121. The molecule has 0 aliphatic carbocycles. The van der Waals surface area contributed by atoms with Gasteiger partial charge in [0.25, 0.3) is 10.0 Å². The van der Waals surface area contributed by atoms with Crippen molar-refractivity contribution >= 4 is 27.3 Å². The van der Waals surface area contributed by atoms with Crippen molar-refractivity contribution in [1.29, 1.82) is 0 Å². The van der Waals surface area contributed by atoms with Crippen LogP contribution >= 0.6 is 0 Å². The standard InChI is InChI=1S/C17H17FN2O3S/c1-17(2)12-10-11(8-9-15(12)20(3)16(17)21)24(22,23)19-14-7-5-4-6-13(14)18/h4-10,19H,1-3H3. The first-order valence-electron chi connectivity index (χ1n) is 7.34. The number of hydrogen-bond acceptors (Lipinski definition) is 3. The van der Waals surface area contributed by atoms with Gasteiger partial charge in [0.2, 0.25) is 5.91 Å². The number of halogens is 1. The molecule has 1 amide bonds. The van der Waals surface area contributed by atoms with Gasteiger partial charge in [0, 0.05) is 12.7 Å². The average molecular weight is 348 g/mol. The molecule has 0 bridgehead atoms. The maximum atomic E-state index is 13.7. The fourth-order valence-corrected chi connectivity index (χ4v) is 3.96. The molecular formula is C17H17FN2O3S. The molecule has 0 fully saturated rings. The maximum absolute atomic E-state index is 13.7. The number of nitrogens with one attached hydrogen (secondary N) is 1. The van der Waals surface area contributed by atoms with Gasteiger partial charge in [-0.2, -0.15) is 0 Å². The van der Waals surface area contributed by atoms with Crippen LogP contribution in [0.4, 0.5) is 15.8 Å². The Kier molecular flexibility index (Phi) is 3.64. The van der Waals surface area contributed by atoms with Crippen molar-refractivity contribution in [3.8, 4) is 0 Å². The summed E-state index contributed by atoms with van der Waals surface area (Å²) in [6.45, 7) is 3.50. The van der Waals surface area contributed by atoms with E-state index in [9.17, 15) is 17.6 Å². The van der Waals surface area contributed by atoms with E-state index in [0.29, 0.717) is 11.3 Å². The van der Waals surface area contributed by atoms with Crippen molar-refractivity contribution in [1.82, 2.24) is 0 Å². The molecule has 126 valence electrons. The number of sulfonamides is 1. The molecule has 1 N–H and O–H groups in total. The summed E-state index contributed by atoms with van der Waals surface area (Å²) in [4.78, 5) is 13.8. The van der Waals surface area contributed by atoms with E-state index in [0.717, 1.165) is 0 Å². The Balaban J connectivity index is 2.04. The first-order chi connectivity index (χ1) is 11.1. The van der Waals surface area contributed by atoms with E-state index < -0.39 is 21.3 Å². The Labute approximate surface area is 140 Å². The van der Waals surface area contributed by atoms with E-state index in [4.69, 9.17) is 0 Å². The molecule has 0 saturated heterocycles. The highest BCUT2D eigenvalue weighted by Crippen LogP contribution is 2.41. The monoisotopic (exact) mass is 348 g/mol. The van der Waals surface area contributed by atoms with Crippen LogP contribution in [0.5, 0.6) is 0 Å². The van der Waals surface area contributed by atoms with E-state index in [2.05, 4.69) is 4.72 Å². The van der Waals surface area contributed by atoms with Crippen molar-refractivity contribution < 1.29 is 17.6 Å². The smallest absolute Gasteiger partial charge is 0.261 e. The number of benzene rings is 2. The fraction of sp³-hybridized carbons (Fsp3) is 0.235. The molecule has 2 aromatic carbocycles. The molecule has 1 aliphatic rings. The Morgan fingerprint density at radius 1 is 1.12 bits per heavy atom. The van der Waals surface area contributed by atoms with Crippen molar-refractivity contribution in [3.05, 3.63) is 53.8 Å². The van der Waals surface area contributed by atoms with E-state index in [1.165, 1.54) is 35.2 Å². The molecular weight excluding hydrogens is 331 g/mol. The second-order valence-electron chi connectivity index (χ2n) is 6.25. The van der Waals surface area contributed by atoms with Gasteiger partial charge in [0.15, 0.2) is 0 Å². The third kappa shape index (κ3) is 2.45. The molecule has 7 heteroatoms. The Hall–Kier alpha value is -2.41. The number of amides is 1. The summed E-state index contributed by atoms with van der Waals surface area (Å²) in [5, 5.41) is 0. The summed E-state index contributed by atoms with van der Waals surface area (Å²) in [5.74, 6) is -0.758. The van der Waals surface area contributed by atoms with Gasteiger partial charge >= 0.3 is 0 Å². The highest BCUT2D eigenvalue weighted by atomic mass is 32.2. The van der Waals surface area contributed by atoms with Crippen molar-refractivity contribution in [2.75, 3.05) is 16.7 Å². The fourth-order valence-electron chi connectivity index (χ4n) is 2.87. The SMILES string of the molecule is CN1C(=O)C(C)(C)c2cc(S(=O)(=O)Nc3ccccc3F)ccc21. The van der Waals surface area contributed by atoms with Crippen LogP contribution in [0.25, 0.3) is 0 Å². The molecule has 2 aromatic rings. The van der Waals surface area contributed by atoms with Gasteiger partial charge in [0.1, 0.15) is 5.82 Å². The first-order valence-corrected chi connectivity index (χ1v) is 8.83. The summed E-state index contributed by atoms with van der Waals surface area (Å²) >= 11 is 0.